The second-order valence-corrected chi connectivity index (χ2v) is 5.65. The average molecular weight is 338 g/mol. The zero-order valence-electron chi connectivity index (χ0n) is 13.2. The van der Waals surface area contributed by atoms with Gasteiger partial charge < -0.3 is 9.88 Å². The summed E-state index contributed by atoms with van der Waals surface area (Å²) in [6.45, 7) is 1.73. The summed E-state index contributed by atoms with van der Waals surface area (Å²) in [5, 5.41) is 0. The molecule has 0 fully saturated rings. The number of carbonyl (C=O) groups is 2. The third-order valence-corrected chi connectivity index (χ3v) is 3.49. The van der Waals surface area contributed by atoms with Crippen LogP contribution in [0.4, 0.5) is 13.2 Å². The van der Waals surface area contributed by atoms with Gasteiger partial charge in [-0.3, -0.25) is 9.59 Å². The second-order valence-electron chi connectivity index (χ2n) is 5.65. The van der Waals surface area contributed by atoms with Crippen molar-refractivity contribution in [2.45, 2.75) is 26.1 Å². The van der Waals surface area contributed by atoms with E-state index in [4.69, 9.17) is 0 Å². The van der Waals surface area contributed by atoms with Crippen molar-refractivity contribution in [3.63, 3.8) is 0 Å². The summed E-state index contributed by atoms with van der Waals surface area (Å²) in [6, 6.07) is 6.64. The monoisotopic (exact) mass is 338 g/mol. The Kier molecular flexibility index (Phi) is 5.11. The van der Waals surface area contributed by atoms with Gasteiger partial charge in [-0.1, -0.05) is 12.1 Å². The maximum absolute atomic E-state index is 12.6. The molecule has 0 saturated heterocycles. The summed E-state index contributed by atoms with van der Waals surface area (Å²) < 4.78 is 37.9. The van der Waals surface area contributed by atoms with Crippen molar-refractivity contribution in [3.05, 3.63) is 59.4 Å². The van der Waals surface area contributed by atoms with Crippen LogP contribution in [0.25, 0.3) is 0 Å². The largest absolute Gasteiger partial charge is 0.406 e. The van der Waals surface area contributed by atoms with E-state index in [9.17, 15) is 22.8 Å². The van der Waals surface area contributed by atoms with E-state index in [1.54, 1.807) is 18.5 Å². The lowest BCUT2D eigenvalue weighted by molar-refractivity contribution is -0.143. The molecule has 2 rings (SSSR count). The zero-order chi connectivity index (χ0) is 17.9. The topological polar surface area (TPSA) is 53.2 Å². The highest BCUT2D eigenvalue weighted by molar-refractivity contribution is 6.09. The number of benzene rings is 1. The van der Waals surface area contributed by atoms with Crippen molar-refractivity contribution in [1.29, 1.82) is 0 Å². The van der Waals surface area contributed by atoms with Crippen molar-refractivity contribution >= 4 is 11.7 Å². The fourth-order valence-electron chi connectivity index (χ4n) is 2.24. The maximum Gasteiger partial charge on any atom is 0.406 e. The van der Waals surface area contributed by atoms with Crippen molar-refractivity contribution < 1.29 is 22.8 Å². The third-order valence-electron chi connectivity index (χ3n) is 3.49. The van der Waals surface area contributed by atoms with Crippen LogP contribution >= 0.6 is 0 Å². The lowest BCUT2D eigenvalue weighted by Gasteiger charge is -2.27. The molecule has 1 amide bonds. The fraction of sp³-hybridized carbons (Fsp3) is 0.294. The van der Waals surface area contributed by atoms with E-state index in [1.807, 2.05) is 0 Å². The number of rotatable bonds is 5. The lowest BCUT2D eigenvalue weighted by Crippen LogP contribution is -2.43. The van der Waals surface area contributed by atoms with Gasteiger partial charge in [-0.25, -0.2) is 0 Å². The van der Waals surface area contributed by atoms with E-state index in [-0.39, 0.29) is 11.3 Å². The van der Waals surface area contributed by atoms with Gasteiger partial charge in [0.1, 0.15) is 6.54 Å². The van der Waals surface area contributed by atoms with Crippen LogP contribution in [-0.4, -0.2) is 40.3 Å². The molecule has 0 aliphatic heterocycles. The van der Waals surface area contributed by atoms with Gasteiger partial charge in [0.15, 0.2) is 5.78 Å². The number of carbonyl (C=O) groups excluding carboxylic acids is 2. The number of ketones is 1. The number of hydrogen-bond acceptors (Lipinski definition) is 2. The molecule has 0 atom stereocenters. The standard InChI is InChI=1S/C17H17F3N2O2/c1-11(2)22(10-17(18,19)20)16(24)13-5-3-12(4-6-13)15(23)14-7-8-21-9-14/h3-9,11,21H,10H2,1-2H3. The minimum atomic E-state index is -4.47. The second kappa shape index (κ2) is 6.90. The Bertz CT molecular complexity index is 704. The molecule has 24 heavy (non-hydrogen) atoms. The van der Waals surface area contributed by atoms with Gasteiger partial charge in [-0.05, 0) is 32.0 Å². The molecule has 0 radical (unpaired) electrons. The van der Waals surface area contributed by atoms with Gasteiger partial charge in [0.2, 0.25) is 0 Å². The maximum atomic E-state index is 12.6. The number of nitrogens with zero attached hydrogens (tertiary/aromatic N) is 1. The quantitative estimate of drug-likeness (QED) is 0.846. The van der Waals surface area contributed by atoms with Gasteiger partial charge in [0.25, 0.3) is 5.91 Å². The Labute approximate surface area is 137 Å². The molecule has 0 aliphatic carbocycles. The number of nitrogens with one attached hydrogen (secondary N) is 1. The van der Waals surface area contributed by atoms with Gasteiger partial charge in [0.05, 0.1) is 0 Å². The molecule has 0 bridgehead atoms. The number of hydrogen-bond donors (Lipinski definition) is 1. The molecule has 2 aromatic rings. The first kappa shape index (κ1) is 17.8. The first-order valence-corrected chi connectivity index (χ1v) is 7.34. The van der Waals surface area contributed by atoms with E-state index in [1.165, 1.54) is 38.1 Å². The molecule has 0 saturated carbocycles. The first-order chi connectivity index (χ1) is 11.2. The van der Waals surface area contributed by atoms with Crippen molar-refractivity contribution in [2.75, 3.05) is 6.54 Å². The van der Waals surface area contributed by atoms with E-state index in [0.29, 0.717) is 11.1 Å². The predicted molar refractivity (Wildman–Crippen MR) is 82.9 cm³/mol. The third kappa shape index (κ3) is 4.24. The van der Waals surface area contributed by atoms with Crippen LogP contribution in [0.2, 0.25) is 0 Å². The first-order valence-electron chi connectivity index (χ1n) is 7.34. The number of alkyl halides is 3. The highest BCUT2D eigenvalue weighted by Crippen LogP contribution is 2.20. The van der Waals surface area contributed by atoms with E-state index < -0.39 is 24.7 Å². The number of halogens is 3. The van der Waals surface area contributed by atoms with Crippen LogP contribution in [0.15, 0.2) is 42.7 Å². The van der Waals surface area contributed by atoms with Gasteiger partial charge >= 0.3 is 6.18 Å². The minimum Gasteiger partial charge on any atom is -0.367 e. The summed E-state index contributed by atoms with van der Waals surface area (Å²) in [6.07, 6.45) is -1.31. The van der Waals surface area contributed by atoms with Crippen LogP contribution < -0.4 is 0 Å². The Morgan fingerprint density at radius 2 is 1.62 bits per heavy atom. The normalized spacial score (nSPS) is 11.6. The Morgan fingerprint density at radius 3 is 2.08 bits per heavy atom. The van der Waals surface area contributed by atoms with Crippen LogP contribution in [0, 0.1) is 0 Å². The minimum absolute atomic E-state index is 0.110. The molecule has 1 N–H and O–H groups in total. The summed E-state index contributed by atoms with van der Waals surface area (Å²) in [5.41, 5.74) is 0.937. The van der Waals surface area contributed by atoms with E-state index >= 15 is 0 Å². The summed E-state index contributed by atoms with van der Waals surface area (Å²) in [7, 11) is 0. The molecule has 1 aromatic heterocycles. The van der Waals surface area contributed by atoms with Crippen LogP contribution in [0.5, 0.6) is 0 Å². The molecule has 0 unspecified atom stereocenters. The number of aromatic nitrogens is 1. The van der Waals surface area contributed by atoms with Crippen LogP contribution in [-0.2, 0) is 0 Å². The number of H-pyrrole nitrogens is 1. The highest BCUT2D eigenvalue weighted by atomic mass is 19.4. The smallest absolute Gasteiger partial charge is 0.367 e. The van der Waals surface area contributed by atoms with Crippen LogP contribution in [0.1, 0.15) is 40.1 Å². The molecule has 1 heterocycles. The summed E-state index contributed by atoms with van der Waals surface area (Å²) in [5.74, 6) is -0.950. The van der Waals surface area contributed by atoms with E-state index in [2.05, 4.69) is 4.98 Å². The Morgan fingerprint density at radius 1 is 1.04 bits per heavy atom. The van der Waals surface area contributed by atoms with Gasteiger partial charge in [-0.2, -0.15) is 13.2 Å². The Hall–Kier alpha value is -2.57. The number of amides is 1. The van der Waals surface area contributed by atoms with Gasteiger partial charge in [0, 0.05) is 35.1 Å². The molecule has 7 heteroatoms. The van der Waals surface area contributed by atoms with E-state index in [0.717, 1.165) is 4.90 Å². The van der Waals surface area contributed by atoms with Crippen molar-refractivity contribution in [2.24, 2.45) is 0 Å². The SMILES string of the molecule is CC(C)N(CC(F)(F)F)C(=O)c1ccc(C(=O)c2cc[nH]c2)cc1. The molecular weight excluding hydrogens is 321 g/mol. The molecule has 128 valence electrons. The Balaban J connectivity index is 2.19. The fourth-order valence-corrected chi connectivity index (χ4v) is 2.24. The van der Waals surface area contributed by atoms with Crippen molar-refractivity contribution in [1.82, 2.24) is 9.88 Å². The predicted octanol–water partition coefficient (Wildman–Crippen LogP) is 3.66. The molecular formula is C17H17F3N2O2. The molecule has 0 aliphatic rings. The number of aromatic amines is 1. The zero-order valence-corrected chi connectivity index (χ0v) is 13.2. The molecule has 1 aromatic carbocycles. The van der Waals surface area contributed by atoms with Crippen molar-refractivity contribution in [3.8, 4) is 0 Å². The van der Waals surface area contributed by atoms with Gasteiger partial charge in [-0.15, -0.1) is 0 Å². The van der Waals surface area contributed by atoms with Crippen LogP contribution in [0.3, 0.4) is 0 Å². The molecule has 4 nitrogen and oxygen atoms in total. The molecule has 0 spiro atoms. The highest BCUT2D eigenvalue weighted by Gasteiger charge is 2.34. The lowest BCUT2D eigenvalue weighted by atomic mass is 10.0. The summed E-state index contributed by atoms with van der Waals surface area (Å²) in [4.78, 5) is 28.0. The summed E-state index contributed by atoms with van der Waals surface area (Å²) >= 11 is 0. The average Bonchev–Trinajstić information content (AvgIpc) is 3.05.